The molecular weight excluding hydrogens is 360 g/mol. The van der Waals surface area contributed by atoms with E-state index < -0.39 is 17.6 Å². The molecule has 6 heteroatoms. The number of thiazole rings is 1. The minimum absolute atomic E-state index is 0.412. The summed E-state index contributed by atoms with van der Waals surface area (Å²) in [5, 5.41) is 2.48. The first-order chi connectivity index (χ1) is 13.1. The van der Waals surface area contributed by atoms with Gasteiger partial charge in [0.1, 0.15) is 16.9 Å². The monoisotopic (exact) mass is 378 g/mol. The molecule has 1 aliphatic rings. The topological polar surface area (TPSA) is 77.7 Å². The van der Waals surface area contributed by atoms with Gasteiger partial charge in [-0.1, -0.05) is 42.5 Å². The molecule has 5 nitrogen and oxygen atoms in total. The fraction of sp³-hybridized carbons (Fsp3) is 0.143. The van der Waals surface area contributed by atoms with Gasteiger partial charge in [0.25, 0.3) is 5.91 Å². The van der Waals surface area contributed by atoms with Crippen LogP contribution in [0.3, 0.4) is 0 Å². The minimum atomic E-state index is -1.18. The molecule has 0 unspecified atom stereocenters. The summed E-state index contributed by atoms with van der Waals surface area (Å²) in [5.74, 6) is 0.250. The van der Waals surface area contributed by atoms with E-state index in [1.807, 2.05) is 72.1 Å². The summed E-state index contributed by atoms with van der Waals surface area (Å²) in [5.41, 5.74) is 7.23. The first-order valence-corrected chi connectivity index (χ1v) is 9.33. The van der Waals surface area contributed by atoms with Crippen LogP contribution in [0.1, 0.15) is 10.6 Å². The van der Waals surface area contributed by atoms with Crippen molar-refractivity contribution in [2.45, 2.75) is 11.7 Å². The third-order valence-corrected chi connectivity index (χ3v) is 5.45. The Kier molecular flexibility index (Phi) is 4.51. The predicted octanol–water partition coefficient (Wildman–Crippen LogP) is 3.61. The largest absolute Gasteiger partial charge is 0.497 e. The van der Waals surface area contributed by atoms with Crippen molar-refractivity contribution in [1.29, 1.82) is 0 Å². The van der Waals surface area contributed by atoms with Gasteiger partial charge in [0.05, 0.1) is 12.8 Å². The van der Waals surface area contributed by atoms with Gasteiger partial charge in [0.2, 0.25) is 5.60 Å². The number of nitrogens with zero attached hydrogens (tertiary/aromatic N) is 1. The Morgan fingerprint density at radius 3 is 2.63 bits per heavy atom. The lowest BCUT2D eigenvalue weighted by Gasteiger charge is -2.04. The Labute approximate surface area is 161 Å². The maximum absolute atomic E-state index is 12.1. The number of rotatable bonds is 6. The maximum atomic E-state index is 12.1. The Morgan fingerprint density at radius 2 is 1.96 bits per heavy atom. The lowest BCUT2D eigenvalue weighted by molar-refractivity contribution is -0.123. The van der Waals surface area contributed by atoms with Crippen LogP contribution in [0, 0.1) is 0 Å². The highest BCUT2D eigenvalue weighted by molar-refractivity contribution is 7.10. The molecule has 0 saturated carbocycles. The number of benzene rings is 2. The Hall–Kier alpha value is -2.96. The van der Waals surface area contributed by atoms with E-state index in [4.69, 9.17) is 15.2 Å². The number of hydrogen-bond acceptors (Lipinski definition) is 5. The second kappa shape index (κ2) is 6.98. The van der Waals surface area contributed by atoms with Crippen LogP contribution >= 0.6 is 11.3 Å². The Morgan fingerprint density at radius 1 is 1.22 bits per heavy atom. The zero-order valence-electron chi connectivity index (χ0n) is 14.7. The second-order valence-electron chi connectivity index (χ2n) is 6.17. The molecule has 1 fully saturated rings. The number of ether oxygens (including phenoxy) is 2. The predicted molar refractivity (Wildman–Crippen MR) is 105 cm³/mol. The lowest BCUT2D eigenvalue weighted by atomic mass is 10.0. The molecule has 4 rings (SSSR count). The van der Waals surface area contributed by atoms with Crippen molar-refractivity contribution in [3.63, 3.8) is 0 Å². The van der Waals surface area contributed by atoms with Crippen molar-refractivity contribution in [1.82, 2.24) is 4.98 Å². The first kappa shape index (κ1) is 17.5. The summed E-state index contributed by atoms with van der Waals surface area (Å²) < 4.78 is 10.9. The molecular formula is C21H18N2O3S. The summed E-state index contributed by atoms with van der Waals surface area (Å²) >= 11 is 1.38. The molecule has 0 aliphatic carbocycles. The Balaban J connectivity index is 1.58. The standard InChI is InChI=1S/C21H18N2O3S/c1-25-16-10-8-15(9-11-16)17-13-27-20(23-17)21(19(22)24)18(26-21)12-7-14-5-3-2-4-6-14/h2-13,18H,1H3,(H2,22,24)/b12-7+/t18-,21-/m0/s1. The van der Waals surface area contributed by atoms with Crippen LogP contribution in [0.2, 0.25) is 0 Å². The molecule has 136 valence electrons. The van der Waals surface area contributed by atoms with Gasteiger partial charge >= 0.3 is 0 Å². The van der Waals surface area contributed by atoms with Gasteiger partial charge in [0.15, 0.2) is 0 Å². The van der Waals surface area contributed by atoms with Crippen LogP contribution in [0.25, 0.3) is 17.3 Å². The molecule has 1 amide bonds. The van der Waals surface area contributed by atoms with Crippen LogP contribution in [0.15, 0.2) is 66.1 Å². The van der Waals surface area contributed by atoms with Crippen molar-refractivity contribution in [3.8, 4) is 17.0 Å². The highest BCUT2D eigenvalue weighted by Gasteiger charge is 2.64. The van der Waals surface area contributed by atoms with E-state index in [0.717, 1.165) is 22.6 Å². The van der Waals surface area contributed by atoms with Gasteiger partial charge < -0.3 is 15.2 Å². The van der Waals surface area contributed by atoms with Crippen molar-refractivity contribution >= 4 is 23.3 Å². The van der Waals surface area contributed by atoms with E-state index in [9.17, 15) is 4.79 Å². The van der Waals surface area contributed by atoms with E-state index in [1.165, 1.54) is 11.3 Å². The molecule has 0 spiro atoms. The lowest BCUT2D eigenvalue weighted by Crippen LogP contribution is -2.31. The zero-order chi connectivity index (χ0) is 18.9. The van der Waals surface area contributed by atoms with E-state index >= 15 is 0 Å². The number of aromatic nitrogens is 1. The Bertz CT molecular complexity index is 982. The summed E-state index contributed by atoms with van der Waals surface area (Å²) in [4.78, 5) is 16.8. The number of methoxy groups -OCH3 is 1. The molecule has 2 heterocycles. The smallest absolute Gasteiger partial charge is 0.260 e. The number of amides is 1. The van der Waals surface area contributed by atoms with Crippen LogP contribution in [0.5, 0.6) is 5.75 Å². The molecule has 1 saturated heterocycles. The van der Waals surface area contributed by atoms with Crippen LogP contribution in [-0.2, 0) is 15.1 Å². The number of epoxide rings is 1. The number of carbonyl (C=O) groups is 1. The molecule has 27 heavy (non-hydrogen) atoms. The molecule has 1 aliphatic heterocycles. The average molecular weight is 378 g/mol. The highest BCUT2D eigenvalue weighted by atomic mass is 32.1. The summed E-state index contributed by atoms with van der Waals surface area (Å²) in [6, 6.07) is 17.4. The minimum Gasteiger partial charge on any atom is -0.497 e. The molecule has 2 aromatic carbocycles. The summed E-state index contributed by atoms with van der Waals surface area (Å²) in [6.07, 6.45) is 3.37. The number of carbonyl (C=O) groups excluding carboxylic acids is 1. The van der Waals surface area contributed by atoms with Crippen molar-refractivity contribution in [3.05, 3.63) is 76.6 Å². The quantitative estimate of drug-likeness (QED) is 0.665. The van der Waals surface area contributed by atoms with Crippen LogP contribution < -0.4 is 10.5 Å². The fourth-order valence-corrected chi connectivity index (χ4v) is 3.92. The van der Waals surface area contributed by atoms with Crippen molar-refractivity contribution in [2.24, 2.45) is 5.73 Å². The van der Waals surface area contributed by atoms with E-state index in [2.05, 4.69) is 4.98 Å². The van der Waals surface area contributed by atoms with Gasteiger partial charge in [-0.2, -0.15) is 0 Å². The molecule has 1 aromatic heterocycles. The fourth-order valence-electron chi connectivity index (χ4n) is 2.92. The maximum Gasteiger partial charge on any atom is 0.260 e. The molecule has 0 radical (unpaired) electrons. The van der Waals surface area contributed by atoms with Gasteiger partial charge in [0, 0.05) is 10.9 Å². The molecule has 2 N–H and O–H groups in total. The van der Waals surface area contributed by atoms with Gasteiger partial charge in [-0.05, 0) is 29.8 Å². The number of hydrogen-bond donors (Lipinski definition) is 1. The van der Waals surface area contributed by atoms with E-state index in [0.29, 0.717) is 5.01 Å². The average Bonchev–Trinajstić information content (AvgIpc) is 3.24. The molecule has 3 aromatic rings. The van der Waals surface area contributed by atoms with Crippen LogP contribution in [-0.4, -0.2) is 24.1 Å². The van der Waals surface area contributed by atoms with E-state index in [-0.39, 0.29) is 0 Å². The van der Waals surface area contributed by atoms with Crippen LogP contribution in [0.4, 0.5) is 0 Å². The third kappa shape index (κ3) is 3.25. The number of nitrogens with two attached hydrogens (primary N) is 1. The van der Waals surface area contributed by atoms with Gasteiger partial charge in [-0.25, -0.2) is 4.98 Å². The first-order valence-electron chi connectivity index (χ1n) is 8.45. The highest BCUT2D eigenvalue weighted by Crippen LogP contribution is 2.49. The number of primary amides is 1. The second-order valence-corrected chi connectivity index (χ2v) is 7.03. The summed E-state index contributed by atoms with van der Waals surface area (Å²) in [7, 11) is 1.63. The van der Waals surface area contributed by atoms with Gasteiger partial charge in [-0.3, -0.25) is 4.79 Å². The molecule has 0 bridgehead atoms. The normalized spacial score (nSPS) is 21.3. The molecule has 2 atom stereocenters. The third-order valence-electron chi connectivity index (χ3n) is 4.49. The zero-order valence-corrected chi connectivity index (χ0v) is 15.5. The van der Waals surface area contributed by atoms with Crippen molar-refractivity contribution < 1.29 is 14.3 Å². The van der Waals surface area contributed by atoms with E-state index in [1.54, 1.807) is 7.11 Å². The van der Waals surface area contributed by atoms with Crippen molar-refractivity contribution in [2.75, 3.05) is 7.11 Å². The van der Waals surface area contributed by atoms with Gasteiger partial charge in [-0.15, -0.1) is 11.3 Å². The summed E-state index contributed by atoms with van der Waals surface area (Å²) in [6.45, 7) is 0. The SMILES string of the molecule is COc1ccc(-c2csc([C@]3(C(N)=O)O[C@H]3/C=C/c3ccccc3)n2)cc1.